The summed E-state index contributed by atoms with van der Waals surface area (Å²) in [7, 11) is 0. The van der Waals surface area contributed by atoms with Gasteiger partial charge in [0.2, 0.25) is 18.6 Å². The molecule has 2 aromatic rings. The van der Waals surface area contributed by atoms with E-state index in [1.165, 1.54) is 23.1 Å². The molecular formula is C19H16ClFN2O4. The van der Waals surface area contributed by atoms with E-state index in [9.17, 15) is 14.0 Å². The number of halogens is 2. The lowest BCUT2D eigenvalue weighted by Crippen LogP contribution is -2.41. The first-order chi connectivity index (χ1) is 13.0. The molecule has 1 fully saturated rings. The van der Waals surface area contributed by atoms with Gasteiger partial charge >= 0.3 is 0 Å². The number of nitrogens with zero attached hydrogens (tertiary/aromatic N) is 1. The SMILES string of the molecule is O=C(Nc1ccc(F)c(Cl)c1)C1CCC(=O)N1Cc1ccc2c(c1)OCO2. The van der Waals surface area contributed by atoms with E-state index in [-0.39, 0.29) is 30.2 Å². The van der Waals surface area contributed by atoms with Gasteiger partial charge in [-0.05, 0) is 42.3 Å². The van der Waals surface area contributed by atoms with Crippen molar-refractivity contribution in [2.75, 3.05) is 12.1 Å². The first-order valence-electron chi connectivity index (χ1n) is 8.45. The van der Waals surface area contributed by atoms with Crippen molar-refractivity contribution in [3.05, 3.63) is 52.8 Å². The molecule has 2 heterocycles. The molecular weight excluding hydrogens is 375 g/mol. The van der Waals surface area contributed by atoms with Crippen molar-refractivity contribution in [1.82, 2.24) is 4.90 Å². The number of ether oxygens (including phenoxy) is 2. The van der Waals surface area contributed by atoms with Gasteiger partial charge in [-0.3, -0.25) is 9.59 Å². The molecule has 4 rings (SSSR count). The molecule has 6 nitrogen and oxygen atoms in total. The van der Waals surface area contributed by atoms with Crippen LogP contribution >= 0.6 is 11.6 Å². The molecule has 0 saturated carbocycles. The third-order valence-electron chi connectivity index (χ3n) is 4.61. The highest BCUT2D eigenvalue weighted by Gasteiger charge is 2.36. The van der Waals surface area contributed by atoms with Gasteiger partial charge in [-0.2, -0.15) is 0 Å². The van der Waals surface area contributed by atoms with E-state index in [0.29, 0.717) is 30.0 Å². The third kappa shape index (κ3) is 3.55. The summed E-state index contributed by atoms with van der Waals surface area (Å²) in [5.74, 6) is 0.305. The molecule has 2 aromatic carbocycles. The van der Waals surface area contributed by atoms with Crippen LogP contribution in [0.5, 0.6) is 11.5 Å². The monoisotopic (exact) mass is 390 g/mol. The first-order valence-corrected chi connectivity index (χ1v) is 8.83. The number of amides is 2. The van der Waals surface area contributed by atoms with Crippen molar-refractivity contribution in [2.24, 2.45) is 0 Å². The molecule has 1 saturated heterocycles. The van der Waals surface area contributed by atoms with Gasteiger partial charge in [-0.25, -0.2) is 4.39 Å². The summed E-state index contributed by atoms with van der Waals surface area (Å²) in [6.07, 6.45) is 0.719. The summed E-state index contributed by atoms with van der Waals surface area (Å²) in [4.78, 5) is 26.5. The minimum Gasteiger partial charge on any atom is -0.454 e. The molecule has 140 valence electrons. The maximum Gasteiger partial charge on any atom is 0.247 e. The fourth-order valence-electron chi connectivity index (χ4n) is 3.24. The van der Waals surface area contributed by atoms with Gasteiger partial charge in [0.05, 0.1) is 5.02 Å². The zero-order valence-corrected chi connectivity index (χ0v) is 15.0. The van der Waals surface area contributed by atoms with E-state index in [1.54, 1.807) is 6.07 Å². The van der Waals surface area contributed by atoms with Gasteiger partial charge in [0.1, 0.15) is 11.9 Å². The smallest absolute Gasteiger partial charge is 0.247 e. The summed E-state index contributed by atoms with van der Waals surface area (Å²) in [5, 5.41) is 2.62. The van der Waals surface area contributed by atoms with E-state index in [4.69, 9.17) is 21.1 Å². The van der Waals surface area contributed by atoms with Crippen LogP contribution in [0.2, 0.25) is 5.02 Å². The largest absolute Gasteiger partial charge is 0.454 e. The van der Waals surface area contributed by atoms with Crippen LogP contribution in [-0.4, -0.2) is 29.5 Å². The minimum absolute atomic E-state index is 0.0764. The van der Waals surface area contributed by atoms with Gasteiger partial charge in [0.15, 0.2) is 11.5 Å². The van der Waals surface area contributed by atoms with Gasteiger partial charge < -0.3 is 19.7 Å². The highest BCUT2D eigenvalue weighted by Crippen LogP contribution is 2.33. The molecule has 0 spiro atoms. The molecule has 0 aromatic heterocycles. The van der Waals surface area contributed by atoms with Crippen molar-refractivity contribution in [1.29, 1.82) is 0 Å². The average molecular weight is 391 g/mol. The number of rotatable bonds is 4. The number of carbonyl (C=O) groups is 2. The Hall–Kier alpha value is -2.80. The summed E-state index contributed by atoms with van der Waals surface area (Å²) < 4.78 is 23.9. The molecule has 1 unspecified atom stereocenters. The third-order valence-corrected chi connectivity index (χ3v) is 4.90. The van der Waals surface area contributed by atoms with Gasteiger partial charge in [0, 0.05) is 18.7 Å². The predicted octanol–water partition coefficient (Wildman–Crippen LogP) is 3.34. The number of anilines is 1. The molecule has 2 amide bonds. The van der Waals surface area contributed by atoms with Gasteiger partial charge in [-0.15, -0.1) is 0 Å². The number of hydrogen-bond acceptors (Lipinski definition) is 4. The van der Waals surface area contributed by atoms with Gasteiger partial charge in [-0.1, -0.05) is 17.7 Å². The number of fused-ring (bicyclic) bond motifs is 1. The maximum absolute atomic E-state index is 13.3. The molecule has 2 aliphatic rings. The lowest BCUT2D eigenvalue weighted by Gasteiger charge is -2.24. The van der Waals surface area contributed by atoms with Crippen LogP contribution in [0.15, 0.2) is 36.4 Å². The van der Waals surface area contributed by atoms with Crippen LogP contribution < -0.4 is 14.8 Å². The van der Waals surface area contributed by atoms with Crippen LogP contribution in [-0.2, 0) is 16.1 Å². The van der Waals surface area contributed by atoms with Crippen LogP contribution in [0.3, 0.4) is 0 Å². The highest BCUT2D eigenvalue weighted by molar-refractivity contribution is 6.31. The van der Waals surface area contributed by atoms with Crippen molar-refractivity contribution < 1.29 is 23.5 Å². The second kappa shape index (κ2) is 7.08. The van der Waals surface area contributed by atoms with Crippen molar-refractivity contribution in [3.8, 4) is 11.5 Å². The topological polar surface area (TPSA) is 67.9 Å². The van der Waals surface area contributed by atoms with Crippen molar-refractivity contribution in [2.45, 2.75) is 25.4 Å². The lowest BCUT2D eigenvalue weighted by molar-refractivity contribution is -0.133. The summed E-state index contributed by atoms with van der Waals surface area (Å²) in [6.45, 7) is 0.463. The molecule has 0 bridgehead atoms. The average Bonchev–Trinajstić information content (AvgIpc) is 3.25. The quantitative estimate of drug-likeness (QED) is 0.869. The van der Waals surface area contributed by atoms with Crippen molar-refractivity contribution in [3.63, 3.8) is 0 Å². The van der Waals surface area contributed by atoms with E-state index in [1.807, 2.05) is 12.1 Å². The Morgan fingerprint density at radius 1 is 1.22 bits per heavy atom. The number of carbonyl (C=O) groups excluding carboxylic acids is 2. The standard InChI is InChI=1S/C19H16ClFN2O4/c20-13-8-12(2-3-14(13)21)22-19(25)15-4-6-18(24)23(15)9-11-1-5-16-17(7-11)27-10-26-16/h1-3,5,7-8,15H,4,6,9-10H2,(H,22,25). The molecule has 0 aliphatic carbocycles. The Bertz CT molecular complexity index is 921. The highest BCUT2D eigenvalue weighted by atomic mass is 35.5. The Labute approximate surface area is 159 Å². The summed E-state index contributed by atoms with van der Waals surface area (Å²) in [6, 6.07) is 8.78. The maximum atomic E-state index is 13.3. The minimum atomic E-state index is -0.605. The van der Waals surface area contributed by atoms with E-state index in [0.717, 1.165) is 5.56 Å². The van der Waals surface area contributed by atoms with Crippen molar-refractivity contribution >= 4 is 29.1 Å². The van der Waals surface area contributed by atoms with E-state index < -0.39 is 11.9 Å². The Kier molecular flexibility index (Phi) is 4.61. The van der Waals surface area contributed by atoms with E-state index in [2.05, 4.69) is 5.32 Å². The van der Waals surface area contributed by atoms with Crippen LogP contribution in [0.4, 0.5) is 10.1 Å². The van der Waals surface area contributed by atoms with Crippen LogP contribution in [0.25, 0.3) is 0 Å². The fraction of sp³-hybridized carbons (Fsp3) is 0.263. The Morgan fingerprint density at radius 3 is 2.85 bits per heavy atom. The second-order valence-electron chi connectivity index (χ2n) is 6.38. The lowest BCUT2D eigenvalue weighted by atomic mass is 10.1. The predicted molar refractivity (Wildman–Crippen MR) is 96.2 cm³/mol. The van der Waals surface area contributed by atoms with E-state index >= 15 is 0 Å². The zero-order chi connectivity index (χ0) is 19.0. The fourth-order valence-corrected chi connectivity index (χ4v) is 3.42. The molecule has 1 atom stereocenters. The van der Waals surface area contributed by atoms with Crippen LogP contribution in [0, 0.1) is 5.82 Å². The molecule has 1 N–H and O–H groups in total. The molecule has 8 heteroatoms. The number of hydrogen-bond donors (Lipinski definition) is 1. The number of nitrogens with one attached hydrogen (secondary N) is 1. The number of likely N-dealkylation sites (tertiary alicyclic amines) is 1. The number of benzene rings is 2. The Balaban J connectivity index is 1.49. The van der Waals surface area contributed by atoms with Crippen LogP contribution in [0.1, 0.15) is 18.4 Å². The summed E-state index contributed by atoms with van der Waals surface area (Å²) in [5.41, 5.74) is 1.23. The zero-order valence-electron chi connectivity index (χ0n) is 14.2. The molecule has 2 aliphatic heterocycles. The second-order valence-corrected chi connectivity index (χ2v) is 6.79. The summed E-state index contributed by atoms with van der Waals surface area (Å²) >= 11 is 5.75. The Morgan fingerprint density at radius 2 is 2.04 bits per heavy atom. The van der Waals surface area contributed by atoms with Gasteiger partial charge in [0.25, 0.3) is 0 Å². The molecule has 0 radical (unpaired) electrons. The molecule has 27 heavy (non-hydrogen) atoms. The normalized spacial score (nSPS) is 18.1. The first kappa shape index (κ1) is 17.6.